The number of rotatable bonds is 12. The Labute approximate surface area is 146 Å². The Kier molecular flexibility index (Phi) is 10.0. The standard InChI is InChI=1S/C17H36NO5P/c1-3-13(19)9-10-14-15(17(20)12-16(14)18-21)8-6-4-5-7-11-24(2,22)23/h13-21H,3-12H2,1-2H3,(H,22,23). The smallest absolute Gasteiger partial charge is 0.197 e. The molecule has 1 fully saturated rings. The van der Waals surface area contributed by atoms with Crippen molar-refractivity contribution in [1.82, 2.24) is 5.48 Å². The fourth-order valence-corrected chi connectivity index (χ4v) is 4.70. The van der Waals surface area contributed by atoms with Crippen LogP contribution >= 0.6 is 7.37 Å². The van der Waals surface area contributed by atoms with Crippen molar-refractivity contribution < 1.29 is 24.9 Å². The molecule has 0 radical (unpaired) electrons. The molecule has 144 valence electrons. The Morgan fingerprint density at radius 1 is 1.17 bits per heavy atom. The van der Waals surface area contributed by atoms with Crippen LogP contribution in [0.5, 0.6) is 0 Å². The number of hydrogen-bond donors (Lipinski definition) is 5. The highest BCUT2D eigenvalue weighted by Crippen LogP contribution is 2.39. The summed E-state index contributed by atoms with van der Waals surface area (Å²) < 4.78 is 11.2. The van der Waals surface area contributed by atoms with Crippen molar-refractivity contribution in [1.29, 1.82) is 0 Å². The van der Waals surface area contributed by atoms with Gasteiger partial charge >= 0.3 is 0 Å². The largest absolute Gasteiger partial charge is 0.393 e. The lowest BCUT2D eigenvalue weighted by Crippen LogP contribution is -2.32. The summed E-state index contributed by atoms with van der Waals surface area (Å²) in [6.45, 7) is 3.36. The van der Waals surface area contributed by atoms with E-state index in [2.05, 4.69) is 5.48 Å². The Morgan fingerprint density at radius 2 is 1.83 bits per heavy atom. The minimum atomic E-state index is -2.89. The zero-order valence-electron chi connectivity index (χ0n) is 15.1. The molecular formula is C17H36NO5P. The maximum absolute atomic E-state index is 11.2. The van der Waals surface area contributed by atoms with Crippen LogP contribution in [0.2, 0.25) is 0 Å². The molecule has 0 saturated heterocycles. The first-order valence-corrected chi connectivity index (χ1v) is 11.6. The minimum absolute atomic E-state index is 0.102. The summed E-state index contributed by atoms with van der Waals surface area (Å²) in [5.41, 5.74) is 2.34. The molecule has 0 bridgehead atoms. The molecule has 1 aliphatic rings. The highest BCUT2D eigenvalue weighted by molar-refractivity contribution is 7.57. The van der Waals surface area contributed by atoms with Gasteiger partial charge in [-0.3, -0.25) is 4.57 Å². The second-order valence-corrected chi connectivity index (χ2v) is 10.0. The quantitative estimate of drug-likeness (QED) is 0.207. The maximum Gasteiger partial charge on any atom is 0.197 e. The Morgan fingerprint density at radius 3 is 2.42 bits per heavy atom. The molecule has 0 aromatic rings. The van der Waals surface area contributed by atoms with Gasteiger partial charge in [-0.1, -0.05) is 26.2 Å². The van der Waals surface area contributed by atoms with Gasteiger partial charge in [0.25, 0.3) is 0 Å². The van der Waals surface area contributed by atoms with Crippen LogP contribution in [-0.4, -0.2) is 51.4 Å². The zero-order chi connectivity index (χ0) is 18.2. The molecule has 0 aromatic heterocycles. The van der Waals surface area contributed by atoms with Crippen molar-refractivity contribution >= 4 is 7.37 Å². The van der Waals surface area contributed by atoms with Gasteiger partial charge in [0.1, 0.15) is 0 Å². The lowest BCUT2D eigenvalue weighted by atomic mass is 9.84. The van der Waals surface area contributed by atoms with E-state index < -0.39 is 13.5 Å². The summed E-state index contributed by atoms with van der Waals surface area (Å²) in [6, 6.07) is -0.102. The van der Waals surface area contributed by atoms with Crippen molar-refractivity contribution in [3.05, 3.63) is 0 Å². The van der Waals surface area contributed by atoms with Gasteiger partial charge in [-0.25, -0.2) is 5.48 Å². The van der Waals surface area contributed by atoms with Gasteiger partial charge in [-0.2, -0.15) is 0 Å². The first-order chi connectivity index (χ1) is 11.3. The van der Waals surface area contributed by atoms with E-state index in [1.807, 2.05) is 6.92 Å². The zero-order valence-corrected chi connectivity index (χ0v) is 16.0. The Bertz CT molecular complexity index is 389. The number of hydroxylamine groups is 1. The van der Waals surface area contributed by atoms with Crippen LogP contribution in [0, 0.1) is 11.8 Å². The average Bonchev–Trinajstić information content (AvgIpc) is 2.82. The van der Waals surface area contributed by atoms with Gasteiger partial charge in [0.2, 0.25) is 0 Å². The Hall–Kier alpha value is 0.0300. The summed E-state index contributed by atoms with van der Waals surface area (Å²) in [6.07, 6.45) is 7.01. The first kappa shape index (κ1) is 22.1. The number of nitrogens with one attached hydrogen (secondary N) is 1. The molecule has 7 heteroatoms. The van der Waals surface area contributed by atoms with Crippen molar-refractivity contribution in [2.24, 2.45) is 11.8 Å². The highest BCUT2D eigenvalue weighted by Gasteiger charge is 2.41. The van der Waals surface area contributed by atoms with Crippen molar-refractivity contribution in [3.63, 3.8) is 0 Å². The predicted molar refractivity (Wildman–Crippen MR) is 95.5 cm³/mol. The van der Waals surface area contributed by atoms with E-state index in [0.717, 1.165) is 44.9 Å². The van der Waals surface area contributed by atoms with Crippen LogP contribution in [0.4, 0.5) is 0 Å². The van der Waals surface area contributed by atoms with Crippen molar-refractivity contribution in [3.8, 4) is 0 Å². The molecule has 6 nitrogen and oxygen atoms in total. The first-order valence-electron chi connectivity index (χ1n) is 9.33. The van der Waals surface area contributed by atoms with E-state index in [0.29, 0.717) is 19.0 Å². The third-order valence-electron chi connectivity index (χ3n) is 5.39. The highest BCUT2D eigenvalue weighted by atomic mass is 31.2. The topological polar surface area (TPSA) is 110 Å². The summed E-state index contributed by atoms with van der Waals surface area (Å²) in [5.74, 6) is 0.327. The van der Waals surface area contributed by atoms with Gasteiger partial charge in [-0.05, 0) is 50.4 Å². The third kappa shape index (κ3) is 7.94. The lowest BCUT2D eigenvalue weighted by molar-refractivity contribution is 0.0821. The van der Waals surface area contributed by atoms with Gasteiger partial charge in [0.15, 0.2) is 7.37 Å². The average molecular weight is 365 g/mol. The maximum atomic E-state index is 11.2. The van der Waals surface area contributed by atoms with E-state index in [9.17, 15) is 24.9 Å². The molecule has 1 rings (SSSR count). The molecule has 1 saturated carbocycles. The molecule has 1 aliphatic carbocycles. The van der Waals surface area contributed by atoms with E-state index >= 15 is 0 Å². The number of hydrogen-bond acceptors (Lipinski definition) is 5. The van der Waals surface area contributed by atoms with Crippen molar-refractivity contribution in [2.75, 3.05) is 12.8 Å². The lowest BCUT2D eigenvalue weighted by Gasteiger charge is -2.26. The van der Waals surface area contributed by atoms with Crippen molar-refractivity contribution in [2.45, 2.75) is 83.0 Å². The van der Waals surface area contributed by atoms with E-state index in [-0.39, 0.29) is 24.0 Å². The van der Waals surface area contributed by atoms with E-state index in [4.69, 9.17) is 0 Å². The monoisotopic (exact) mass is 365 g/mol. The van der Waals surface area contributed by atoms with E-state index in [1.54, 1.807) is 0 Å². The predicted octanol–water partition coefficient (Wildman–Crippen LogP) is 2.73. The molecule has 0 spiro atoms. The number of aliphatic hydroxyl groups excluding tert-OH is 2. The molecule has 0 heterocycles. The molecule has 0 aromatic carbocycles. The fourth-order valence-electron chi connectivity index (χ4n) is 3.89. The van der Waals surface area contributed by atoms with Gasteiger partial charge in [0, 0.05) is 18.9 Å². The molecule has 6 atom stereocenters. The SMILES string of the molecule is CCC(O)CCC1C(NO)CC(O)C1CCCCCCP(C)(=O)O. The summed E-state index contributed by atoms with van der Waals surface area (Å²) >= 11 is 0. The number of aliphatic hydroxyl groups is 2. The van der Waals surface area contributed by atoms with Crippen LogP contribution in [0.15, 0.2) is 0 Å². The number of unbranched alkanes of at least 4 members (excludes halogenated alkanes) is 3. The van der Waals surface area contributed by atoms with Crippen LogP contribution in [-0.2, 0) is 4.57 Å². The second kappa shape index (κ2) is 10.9. The fraction of sp³-hybridized carbons (Fsp3) is 1.00. The van der Waals surface area contributed by atoms with Crippen LogP contribution in [0.25, 0.3) is 0 Å². The Balaban J connectivity index is 2.37. The summed E-state index contributed by atoms with van der Waals surface area (Å²) in [7, 11) is -2.89. The third-order valence-corrected chi connectivity index (χ3v) is 6.53. The summed E-state index contributed by atoms with van der Waals surface area (Å²) in [5, 5.41) is 29.4. The molecule has 6 unspecified atom stereocenters. The second-order valence-electron chi connectivity index (χ2n) is 7.48. The molecule has 0 amide bonds. The van der Waals surface area contributed by atoms with E-state index in [1.165, 1.54) is 6.66 Å². The minimum Gasteiger partial charge on any atom is -0.393 e. The molecular weight excluding hydrogens is 329 g/mol. The van der Waals surface area contributed by atoms with Crippen LogP contribution < -0.4 is 5.48 Å². The molecule has 24 heavy (non-hydrogen) atoms. The van der Waals surface area contributed by atoms with Crippen LogP contribution in [0.3, 0.4) is 0 Å². The molecule has 5 N–H and O–H groups in total. The van der Waals surface area contributed by atoms with Crippen LogP contribution in [0.1, 0.15) is 64.7 Å². The van der Waals surface area contributed by atoms with Gasteiger partial charge in [-0.15, -0.1) is 0 Å². The molecule has 0 aliphatic heterocycles. The normalized spacial score (nSPS) is 31.1. The summed E-state index contributed by atoms with van der Waals surface area (Å²) in [4.78, 5) is 9.27. The van der Waals surface area contributed by atoms with Gasteiger partial charge in [0.05, 0.1) is 12.2 Å². The van der Waals surface area contributed by atoms with Gasteiger partial charge < -0.3 is 20.3 Å².